The molecular formula is C14H21BrN4O2. The summed E-state index contributed by atoms with van der Waals surface area (Å²) in [6.07, 6.45) is 1.73. The summed E-state index contributed by atoms with van der Waals surface area (Å²) in [5.74, 6) is 1.20. The van der Waals surface area contributed by atoms with Gasteiger partial charge in [0, 0.05) is 25.2 Å². The van der Waals surface area contributed by atoms with Crippen molar-refractivity contribution in [3.05, 3.63) is 21.0 Å². The standard InChI is InChI=1S/C14H21BrN4O2/c1-14(2)10-6-16-5-9(10)8-18(14)11-7-17-19(3-4-20)13(21)12(11)15/h7,9-10,16,20H,3-6,8H2,1-2H3. The monoisotopic (exact) mass is 356 g/mol. The van der Waals surface area contributed by atoms with E-state index >= 15 is 0 Å². The van der Waals surface area contributed by atoms with Crippen LogP contribution in [0.1, 0.15) is 13.8 Å². The van der Waals surface area contributed by atoms with Gasteiger partial charge in [-0.2, -0.15) is 5.10 Å². The van der Waals surface area contributed by atoms with Crippen molar-refractivity contribution in [2.75, 3.05) is 31.1 Å². The van der Waals surface area contributed by atoms with Crippen LogP contribution in [-0.2, 0) is 6.54 Å². The molecule has 21 heavy (non-hydrogen) atoms. The Morgan fingerprint density at radius 3 is 2.95 bits per heavy atom. The van der Waals surface area contributed by atoms with Gasteiger partial charge in [0.2, 0.25) is 0 Å². The lowest BCUT2D eigenvalue weighted by molar-refractivity contribution is 0.266. The van der Waals surface area contributed by atoms with E-state index in [4.69, 9.17) is 5.11 Å². The minimum absolute atomic E-state index is 0.00598. The molecule has 3 heterocycles. The van der Waals surface area contributed by atoms with E-state index < -0.39 is 0 Å². The van der Waals surface area contributed by atoms with Crippen LogP contribution in [0.15, 0.2) is 15.5 Å². The van der Waals surface area contributed by atoms with Crippen molar-refractivity contribution >= 4 is 21.6 Å². The molecule has 2 aliphatic heterocycles. The molecule has 0 spiro atoms. The molecule has 116 valence electrons. The predicted octanol–water partition coefficient (Wildman–Crippen LogP) is 0.432. The van der Waals surface area contributed by atoms with Gasteiger partial charge in [-0.15, -0.1) is 0 Å². The number of hydrogen-bond donors (Lipinski definition) is 2. The lowest BCUT2D eigenvalue weighted by Gasteiger charge is -2.37. The number of nitrogens with zero attached hydrogens (tertiary/aromatic N) is 3. The lowest BCUT2D eigenvalue weighted by Crippen LogP contribution is -2.45. The van der Waals surface area contributed by atoms with Crippen molar-refractivity contribution in [2.24, 2.45) is 11.8 Å². The average molecular weight is 357 g/mol. The maximum absolute atomic E-state index is 12.3. The van der Waals surface area contributed by atoms with Crippen LogP contribution < -0.4 is 15.8 Å². The van der Waals surface area contributed by atoms with E-state index in [2.05, 4.69) is 45.1 Å². The second kappa shape index (κ2) is 5.37. The van der Waals surface area contributed by atoms with Crippen LogP contribution in [-0.4, -0.2) is 46.7 Å². The van der Waals surface area contributed by atoms with Crippen LogP contribution in [0.25, 0.3) is 0 Å². The summed E-state index contributed by atoms with van der Waals surface area (Å²) >= 11 is 3.43. The molecule has 2 fully saturated rings. The fraction of sp³-hybridized carbons (Fsp3) is 0.714. The molecule has 2 atom stereocenters. The molecule has 0 aliphatic carbocycles. The Labute approximate surface area is 132 Å². The van der Waals surface area contributed by atoms with Gasteiger partial charge in [-0.1, -0.05) is 0 Å². The van der Waals surface area contributed by atoms with Gasteiger partial charge < -0.3 is 15.3 Å². The van der Waals surface area contributed by atoms with Crippen LogP contribution >= 0.6 is 15.9 Å². The predicted molar refractivity (Wildman–Crippen MR) is 84.6 cm³/mol. The van der Waals surface area contributed by atoms with E-state index in [1.54, 1.807) is 6.20 Å². The third-order valence-corrected chi connectivity index (χ3v) is 5.67. The van der Waals surface area contributed by atoms with Gasteiger partial charge in [-0.05, 0) is 41.6 Å². The number of hydrogen-bond acceptors (Lipinski definition) is 5. The van der Waals surface area contributed by atoms with E-state index in [1.807, 2.05) is 0 Å². The summed E-state index contributed by atoms with van der Waals surface area (Å²) in [7, 11) is 0. The summed E-state index contributed by atoms with van der Waals surface area (Å²) < 4.78 is 1.82. The lowest BCUT2D eigenvalue weighted by atomic mass is 9.85. The van der Waals surface area contributed by atoms with Gasteiger partial charge in [0.15, 0.2) is 0 Å². The summed E-state index contributed by atoms with van der Waals surface area (Å²) in [6.45, 7) is 7.60. The maximum atomic E-state index is 12.3. The second-order valence-corrected chi connectivity index (χ2v) is 7.18. The molecule has 1 aromatic heterocycles. The Morgan fingerprint density at radius 1 is 1.52 bits per heavy atom. The zero-order chi connectivity index (χ0) is 15.2. The summed E-state index contributed by atoms with van der Waals surface area (Å²) in [4.78, 5) is 14.6. The molecule has 2 saturated heterocycles. The number of halogens is 1. The minimum atomic E-state index is -0.187. The highest BCUT2D eigenvalue weighted by Crippen LogP contribution is 2.44. The molecule has 0 amide bonds. The first-order chi connectivity index (χ1) is 9.96. The molecule has 0 saturated carbocycles. The molecular weight excluding hydrogens is 336 g/mol. The van der Waals surface area contributed by atoms with E-state index in [9.17, 15) is 4.79 Å². The van der Waals surface area contributed by atoms with Crippen LogP contribution in [0.5, 0.6) is 0 Å². The molecule has 2 N–H and O–H groups in total. The molecule has 7 heteroatoms. The summed E-state index contributed by atoms with van der Waals surface area (Å²) in [6, 6.07) is 0. The van der Waals surface area contributed by atoms with E-state index in [0.29, 0.717) is 16.3 Å². The van der Waals surface area contributed by atoms with Gasteiger partial charge in [0.25, 0.3) is 5.56 Å². The van der Waals surface area contributed by atoms with Crippen molar-refractivity contribution in [3.63, 3.8) is 0 Å². The third kappa shape index (κ3) is 2.31. The SMILES string of the molecule is CC1(C)C2CNCC2CN1c1cnn(CCO)c(=O)c1Br. The van der Waals surface area contributed by atoms with Crippen molar-refractivity contribution in [1.29, 1.82) is 0 Å². The fourth-order valence-corrected chi connectivity index (χ4v) is 4.25. The van der Waals surface area contributed by atoms with Crippen molar-refractivity contribution in [1.82, 2.24) is 15.1 Å². The zero-order valence-corrected chi connectivity index (χ0v) is 13.9. The van der Waals surface area contributed by atoms with Gasteiger partial charge in [0.05, 0.1) is 25.0 Å². The Balaban J connectivity index is 1.98. The molecule has 6 nitrogen and oxygen atoms in total. The number of anilines is 1. The fourth-order valence-electron chi connectivity index (χ4n) is 3.73. The smallest absolute Gasteiger partial charge is 0.283 e. The van der Waals surface area contributed by atoms with Crippen LogP contribution in [0.2, 0.25) is 0 Å². The Kier molecular flexibility index (Phi) is 3.83. The summed E-state index contributed by atoms with van der Waals surface area (Å²) in [5.41, 5.74) is 0.662. The molecule has 0 aromatic carbocycles. The quantitative estimate of drug-likeness (QED) is 0.821. The van der Waals surface area contributed by atoms with E-state index in [-0.39, 0.29) is 24.2 Å². The highest BCUT2D eigenvalue weighted by atomic mass is 79.9. The first kappa shape index (κ1) is 15.0. The molecule has 1 aromatic rings. The number of nitrogens with one attached hydrogen (secondary N) is 1. The number of fused-ring (bicyclic) bond motifs is 1. The Morgan fingerprint density at radius 2 is 2.29 bits per heavy atom. The van der Waals surface area contributed by atoms with Crippen LogP contribution in [0.3, 0.4) is 0 Å². The van der Waals surface area contributed by atoms with Gasteiger partial charge in [0.1, 0.15) is 4.47 Å². The van der Waals surface area contributed by atoms with Crippen molar-refractivity contribution in [2.45, 2.75) is 25.9 Å². The number of aromatic nitrogens is 2. The molecule has 2 unspecified atom stereocenters. The third-order valence-electron chi connectivity index (χ3n) is 4.93. The number of aliphatic hydroxyl groups is 1. The highest BCUT2D eigenvalue weighted by Gasteiger charge is 2.50. The average Bonchev–Trinajstić information content (AvgIpc) is 2.99. The normalized spacial score (nSPS) is 27.1. The number of rotatable bonds is 3. The second-order valence-electron chi connectivity index (χ2n) is 6.38. The van der Waals surface area contributed by atoms with Gasteiger partial charge in [-0.3, -0.25) is 4.79 Å². The first-order valence-corrected chi connectivity index (χ1v) is 8.11. The zero-order valence-electron chi connectivity index (χ0n) is 12.3. The van der Waals surface area contributed by atoms with Crippen LogP contribution in [0.4, 0.5) is 5.69 Å². The summed E-state index contributed by atoms with van der Waals surface area (Å²) in [5, 5.41) is 16.6. The van der Waals surface area contributed by atoms with Crippen LogP contribution in [0, 0.1) is 11.8 Å². The van der Waals surface area contributed by atoms with Gasteiger partial charge in [-0.25, -0.2) is 4.68 Å². The number of aliphatic hydroxyl groups excluding tert-OH is 1. The Hall–Kier alpha value is -0.920. The first-order valence-electron chi connectivity index (χ1n) is 7.31. The molecule has 2 aliphatic rings. The molecule has 3 rings (SSSR count). The topological polar surface area (TPSA) is 70.4 Å². The van der Waals surface area contributed by atoms with Crippen molar-refractivity contribution < 1.29 is 5.11 Å². The molecule has 0 bridgehead atoms. The van der Waals surface area contributed by atoms with Crippen molar-refractivity contribution in [3.8, 4) is 0 Å². The minimum Gasteiger partial charge on any atom is -0.394 e. The Bertz CT molecular complexity index is 601. The molecule has 0 radical (unpaired) electrons. The van der Waals surface area contributed by atoms with Gasteiger partial charge >= 0.3 is 0 Å². The van der Waals surface area contributed by atoms with E-state index in [0.717, 1.165) is 25.3 Å². The largest absolute Gasteiger partial charge is 0.394 e. The highest BCUT2D eigenvalue weighted by molar-refractivity contribution is 9.10. The van der Waals surface area contributed by atoms with E-state index in [1.165, 1.54) is 4.68 Å². The maximum Gasteiger partial charge on any atom is 0.283 e.